The van der Waals surface area contributed by atoms with Gasteiger partial charge in [-0.2, -0.15) is 4.31 Å². The van der Waals surface area contributed by atoms with Gasteiger partial charge in [-0.15, -0.1) is 0 Å². The summed E-state index contributed by atoms with van der Waals surface area (Å²) >= 11 is 12.0. The first-order valence-corrected chi connectivity index (χ1v) is 12.8. The van der Waals surface area contributed by atoms with Crippen LogP contribution in [-0.4, -0.2) is 70.2 Å². The summed E-state index contributed by atoms with van der Waals surface area (Å²) in [6.07, 6.45) is 1.66. The van der Waals surface area contributed by atoms with E-state index in [1.165, 1.54) is 22.5 Å². The Morgan fingerprint density at radius 1 is 0.857 bits per heavy atom. The molecule has 1 fully saturated rings. The number of anilines is 1. The molecule has 186 valence electrons. The Labute approximate surface area is 214 Å². The Bertz CT molecular complexity index is 1290. The van der Waals surface area contributed by atoms with Gasteiger partial charge in [-0.05, 0) is 36.4 Å². The Balaban J connectivity index is 1.54. The van der Waals surface area contributed by atoms with Crippen molar-refractivity contribution in [1.82, 2.24) is 14.3 Å². The zero-order valence-corrected chi connectivity index (χ0v) is 21.7. The summed E-state index contributed by atoms with van der Waals surface area (Å²) in [6, 6.07) is 9.71. The minimum Gasteiger partial charge on any atom is -0.493 e. The summed E-state index contributed by atoms with van der Waals surface area (Å²) in [6.45, 7) is 1.38. The van der Waals surface area contributed by atoms with Crippen LogP contribution in [0.15, 0.2) is 47.5 Å². The summed E-state index contributed by atoms with van der Waals surface area (Å²) in [4.78, 5) is 11.1. The molecule has 0 spiro atoms. The molecule has 0 bridgehead atoms. The maximum Gasteiger partial charge on any atom is 0.243 e. The molecule has 3 aromatic rings. The van der Waals surface area contributed by atoms with Crippen LogP contribution in [-0.2, 0) is 10.0 Å². The summed E-state index contributed by atoms with van der Waals surface area (Å²) < 4.78 is 43.8. The lowest BCUT2D eigenvalue weighted by molar-refractivity contribution is 0.324. The molecule has 0 N–H and O–H groups in total. The van der Waals surface area contributed by atoms with Crippen molar-refractivity contribution in [3.63, 3.8) is 0 Å². The molecule has 0 atom stereocenters. The van der Waals surface area contributed by atoms with E-state index in [9.17, 15) is 8.42 Å². The van der Waals surface area contributed by atoms with Crippen LogP contribution in [0.3, 0.4) is 0 Å². The highest BCUT2D eigenvalue weighted by atomic mass is 35.5. The number of methoxy groups -OCH3 is 3. The van der Waals surface area contributed by atoms with E-state index < -0.39 is 10.0 Å². The van der Waals surface area contributed by atoms with Gasteiger partial charge in [-0.1, -0.05) is 23.2 Å². The van der Waals surface area contributed by atoms with Gasteiger partial charge >= 0.3 is 0 Å². The molecular formula is C23H24Cl2N4O5S. The first-order chi connectivity index (χ1) is 16.8. The number of aromatic nitrogens is 2. The molecule has 0 saturated carbocycles. The van der Waals surface area contributed by atoms with Crippen molar-refractivity contribution in [2.75, 3.05) is 52.4 Å². The van der Waals surface area contributed by atoms with E-state index >= 15 is 0 Å². The fourth-order valence-corrected chi connectivity index (χ4v) is 5.99. The van der Waals surface area contributed by atoms with E-state index in [1.54, 1.807) is 33.6 Å². The molecule has 12 heteroatoms. The minimum atomic E-state index is -3.73. The van der Waals surface area contributed by atoms with E-state index in [0.29, 0.717) is 42.0 Å². The lowest BCUT2D eigenvalue weighted by Crippen LogP contribution is -2.49. The van der Waals surface area contributed by atoms with Crippen molar-refractivity contribution in [3.8, 4) is 28.5 Å². The van der Waals surface area contributed by atoms with E-state index in [-0.39, 0.29) is 28.0 Å². The molecule has 0 radical (unpaired) electrons. The number of sulfonamides is 1. The fourth-order valence-electron chi connectivity index (χ4n) is 3.85. The summed E-state index contributed by atoms with van der Waals surface area (Å²) in [7, 11) is 0.923. The van der Waals surface area contributed by atoms with Crippen LogP contribution in [0.25, 0.3) is 11.3 Å². The van der Waals surface area contributed by atoms with Crippen LogP contribution in [0.2, 0.25) is 10.0 Å². The monoisotopic (exact) mass is 538 g/mol. The molecule has 9 nitrogen and oxygen atoms in total. The third-order valence-electron chi connectivity index (χ3n) is 5.60. The zero-order chi connectivity index (χ0) is 25.2. The predicted molar refractivity (Wildman–Crippen MR) is 135 cm³/mol. The van der Waals surface area contributed by atoms with Crippen molar-refractivity contribution in [3.05, 3.63) is 52.6 Å². The second-order valence-corrected chi connectivity index (χ2v) is 10.5. The highest BCUT2D eigenvalue weighted by Gasteiger charge is 2.30. The van der Waals surface area contributed by atoms with Gasteiger partial charge in [0, 0.05) is 48.0 Å². The van der Waals surface area contributed by atoms with Crippen LogP contribution >= 0.6 is 23.2 Å². The average molecular weight is 539 g/mol. The van der Waals surface area contributed by atoms with E-state index in [1.807, 2.05) is 17.0 Å². The molecule has 4 rings (SSSR count). The van der Waals surface area contributed by atoms with Gasteiger partial charge < -0.3 is 19.1 Å². The van der Waals surface area contributed by atoms with Crippen LogP contribution in [0.1, 0.15) is 0 Å². The number of nitrogens with zero attached hydrogens (tertiary/aromatic N) is 4. The molecule has 2 heterocycles. The topological polar surface area (TPSA) is 94.1 Å². The maximum atomic E-state index is 13.1. The van der Waals surface area contributed by atoms with Gasteiger partial charge in [-0.25, -0.2) is 18.4 Å². The lowest BCUT2D eigenvalue weighted by atomic mass is 10.1. The van der Waals surface area contributed by atoms with Crippen LogP contribution in [0, 0.1) is 0 Å². The summed E-state index contributed by atoms with van der Waals surface area (Å²) in [5.74, 6) is 2.02. The predicted octanol–water partition coefficient (Wildman–Crippen LogP) is 3.99. The highest BCUT2D eigenvalue weighted by Crippen LogP contribution is 2.41. The highest BCUT2D eigenvalue weighted by molar-refractivity contribution is 7.89. The molecule has 35 heavy (non-hydrogen) atoms. The van der Waals surface area contributed by atoms with Crippen LogP contribution < -0.4 is 19.1 Å². The number of halogens is 2. The minimum absolute atomic E-state index is 0.0732. The zero-order valence-electron chi connectivity index (χ0n) is 19.4. The molecule has 2 aromatic carbocycles. The number of ether oxygens (including phenoxy) is 3. The molecular weight excluding hydrogens is 515 g/mol. The molecule has 1 aromatic heterocycles. The van der Waals surface area contributed by atoms with Gasteiger partial charge in [0.2, 0.25) is 21.7 Å². The number of hydrogen-bond donors (Lipinski definition) is 0. The second kappa shape index (κ2) is 10.4. The normalized spacial score (nSPS) is 14.6. The molecule has 0 unspecified atom stereocenters. The number of rotatable bonds is 7. The fraction of sp³-hybridized carbons (Fsp3) is 0.304. The average Bonchev–Trinajstić information content (AvgIpc) is 2.87. The SMILES string of the molecule is COc1cc(-c2ccnc(N3CCN(S(=O)(=O)c4cc(Cl)cc(Cl)c4)CC3)n2)cc(OC)c1OC. The smallest absolute Gasteiger partial charge is 0.243 e. The largest absolute Gasteiger partial charge is 0.493 e. The number of hydrogen-bond acceptors (Lipinski definition) is 8. The van der Waals surface area contributed by atoms with Crippen LogP contribution in [0.5, 0.6) is 17.2 Å². The Morgan fingerprint density at radius 2 is 1.46 bits per heavy atom. The van der Waals surface area contributed by atoms with Crippen molar-refractivity contribution >= 4 is 39.2 Å². The molecule has 1 aliphatic rings. The van der Waals surface area contributed by atoms with Gasteiger partial charge in [0.25, 0.3) is 0 Å². The van der Waals surface area contributed by atoms with E-state index in [2.05, 4.69) is 4.98 Å². The number of piperazine rings is 1. The molecule has 0 amide bonds. The van der Waals surface area contributed by atoms with Crippen molar-refractivity contribution < 1.29 is 22.6 Å². The first-order valence-electron chi connectivity index (χ1n) is 10.6. The molecule has 0 aliphatic carbocycles. The third-order valence-corrected chi connectivity index (χ3v) is 7.91. The van der Waals surface area contributed by atoms with Crippen molar-refractivity contribution in [2.24, 2.45) is 0 Å². The van der Waals surface area contributed by atoms with Gasteiger partial charge in [0.05, 0.1) is 31.9 Å². The Hall–Kier alpha value is -2.79. The lowest BCUT2D eigenvalue weighted by Gasteiger charge is -2.34. The first kappa shape index (κ1) is 25.3. The second-order valence-electron chi connectivity index (χ2n) is 7.65. The summed E-state index contributed by atoms with van der Waals surface area (Å²) in [5, 5.41) is 0.540. The van der Waals surface area contributed by atoms with E-state index in [4.69, 9.17) is 42.4 Å². The van der Waals surface area contributed by atoms with E-state index in [0.717, 1.165) is 5.56 Å². The van der Waals surface area contributed by atoms with Crippen molar-refractivity contribution in [2.45, 2.75) is 4.90 Å². The van der Waals surface area contributed by atoms with Gasteiger partial charge in [0.1, 0.15) is 0 Å². The Morgan fingerprint density at radius 3 is 2.00 bits per heavy atom. The summed E-state index contributed by atoms with van der Waals surface area (Å²) in [5.41, 5.74) is 1.43. The Kier molecular flexibility index (Phi) is 7.56. The van der Waals surface area contributed by atoms with Gasteiger partial charge in [0.15, 0.2) is 11.5 Å². The van der Waals surface area contributed by atoms with Crippen LogP contribution in [0.4, 0.5) is 5.95 Å². The number of benzene rings is 2. The maximum absolute atomic E-state index is 13.1. The van der Waals surface area contributed by atoms with Crippen molar-refractivity contribution in [1.29, 1.82) is 0 Å². The standard InChI is InChI=1S/C23H24Cl2N4O5S/c1-32-20-10-15(11-21(33-2)22(20)34-3)19-4-5-26-23(27-19)28-6-8-29(9-7-28)35(30,31)18-13-16(24)12-17(25)14-18/h4-5,10-14H,6-9H2,1-3H3. The molecule has 1 aliphatic heterocycles. The van der Waals surface area contributed by atoms with Gasteiger partial charge in [-0.3, -0.25) is 0 Å². The third kappa shape index (κ3) is 5.25. The molecule has 1 saturated heterocycles. The quantitative estimate of drug-likeness (QED) is 0.445.